The van der Waals surface area contributed by atoms with E-state index >= 15 is 0 Å². The fourth-order valence-corrected chi connectivity index (χ4v) is 1.67. The average Bonchev–Trinajstić information content (AvgIpc) is 2.83. The van der Waals surface area contributed by atoms with E-state index in [1.807, 2.05) is 32.3 Å². The Morgan fingerprint density at radius 1 is 1.25 bits per heavy atom. The van der Waals surface area contributed by atoms with Crippen LogP contribution in [0, 0.1) is 6.92 Å². The standard InChI is InChI=1S/C11H11N5/c1-7-3-4-9-11(13-7)15-10(14-9)8-5-12-16(2)6-8/h3-6H,1-2H3,(H,13,14,15). The largest absolute Gasteiger partial charge is 0.336 e. The molecule has 5 heteroatoms. The van der Waals surface area contributed by atoms with Crippen molar-refractivity contribution in [3.05, 3.63) is 30.2 Å². The third kappa shape index (κ3) is 1.37. The van der Waals surface area contributed by atoms with E-state index in [0.717, 1.165) is 28.2 Å². The van der Waals surface area contributed by atoms with Gasteiger partial charge < -0.3 is 4.98 Å². The number of hydrogen-bond acceptors (Lipinski definition) is 3. The van der Waals surface area contributed by atoms with E-state index in [2.05, 4.69) is 20.1 Å². The van der Waals surface area contributed by atoms with Gasteiger partial charge in [0, 0.05) is 18.9 Å². The van der Waals surface area contributed by atoms with Crippen LogP contribution in [0.4, 0.5) is 0 Å². The number of aromatic amines is 1. The summed E-state index contributed by atoms with van der Waals surface area (Å²) in [6.07, 6.45) is 3.70. The second-order valence-corrected chi connectivity index (χ2v) is 3.81. The van der Waals surface area contributed by atoms with E-state index in [4.69, 9.17) is 0 Å². The number of aryl methyl sites for hydroxylation is 2. The molecule has 0 amide bonds. The van der Waals surface area contributed by atoms with Crippen LogP contribution in [-0.2, 0) is 7.05 Å². The lowest BCUT2D eigenvalue weighted by Crippen LogP contribution is -1.84. The number of imidazole rings is 1. The predicted molar refractivity (Wildman–Crippen MR) is 60.8 cm³/mol. The first kappa shape index (κ1) is 9.08. The van der Waals surface area contributed by atoms with Crippen LogP contribution in [-0.4, -0.2) is 24.7 Å². The minimum absolute atomic E-state index is 0.749. The molecule has 0 aliphatic rings. The lowest BCUT2D eigenvalue weighted by molar-refractivity contribution is 0.768. The summed E-state index contributed by atoms with van der Waals surface area (Å²) in [5, 5.41) is 4.12. The summed E-state index contributed by atoms with van der Waals surface area (Å²) < 4.78 is 1.75. The molecule has 3 aromatic heterocycles. The maximum atomic E-state index is 4.44. The summed E-state index contributed by atoms with van der Waals surface area (Å²) in [4.78, 5) is 12.0. The van der Waals surface area contributed by atoms with Crippen LogP contribution in [0.1, 0.15) is 5.69 Å². The molecule has 0 aromatic carbocycles. The quantitative estimate of drug-likeness (QED) is 0.668. The Kier molecular flexibility index (Phi) is 1.80. The van der Waals surface area contributed by atoms with Gasteiger partial charge >= 0.3 is 0 Å². The zero-order valence-corrected chi connectivity index (χ0v) is 9.10. The summed E-state index contributed by atoms with van der Waals surface area (Å²) in [6.45, 7) is 1.96. The van der Waals surface area contributed by atoms with Gasteiger partial charge in [-0.3, -0.25) is 4.68 Å². The fraction of sp³-hybridized carbons (Fsp3) is 0.182. The third-order valence-electron chi connectivity index (χ3n) is 2.46. The van der Waals surface area contributed by atoms with Gasteiger partial charge in [-0.25, -0.2) is 9.97 Å². The second kappa shape index (κ2) is 3.16. The highest BCUT2D eigenvalue weighted by molar-refractivity contribution is 5.75. The van der Waals surface area contributed by atoms with Crippen molar-refractivity contribution in [3.63, 3.8) is 0 Å². The molecule has 0 atom stereocenters. The number of pyridine rings is 1. The molecule has 0 unspecified atom stereocenters. The molecule has 3 aromatic rings. The first-order valence-corrected chi connectivity index (χ1v) is 5.05. The third-order valence-corrected chi connectivity index (χ3v) is 2.46. The normalized spacial score (nSPS) is 11.1. The smallest absolute Gasteiger partial charge is 0.178 e. The Morgan fingerprint density at radius 2 is 2.12 bits per heavy atom. The SMILES string of the molecule is Cc1ccc2[nH]c(-c3cnn(C)c3)nc2n1. The van der Waals surface area contributed by atoms with E-state index in [1.165, 1.54) is 0 Å². The van der Waals surface area contributed by atoms with E-state index in [-0.39, 0.29) is 0 Å². The van der Waals surface area contributed by atoms with Gasteiger partial charge in [-0.1, -0.05) is 0 Å². The Balaban J connectivity index is 2.18. The molecule has 0 aliphatic carbocycles. The lowest BCUT2D eigenvalue weighted by Gasteiger charge is -1.88. The zero-order chi connectivity index (χ0) is 11.1. The van der Waals surface area contributed by atoms with Crippen molar-refractivity contribution in [1.29, 1.82) is 0 Å². The van der Waals surface area contributed by atoms with E-state index in [0.29, 0.717) is 0 Å². The Morgan fingerprint density at radius 3 is 2.88 bits per heavy atom. The van der Waals surface area contributed by atoms with E-state index < -0.39 is 0 Å². The van der Waals surface area contributed by atoms with Gasteiger partial charge in [0.2, 0.25) is 0 Å². The van der Waals surface area contributed by atoms with Gasteiger partial charge in [0.1, 0.15) is 5.82 Å². The molecule has 5 nitrogen and oxygen atoms in total. The lowest BCUT2D eigenvalue weighted by atomic mass is 10.3. The molecule has 3 rings (SSSR count). The van der Waals surface area contributed by atoms with Crippen LogP contribution in [0.2, 0.25) is 0 Å². The number of H-pyrrole nitrogens is 1. The van der Waals surface area contributed by atoms with Crippen molar-refractivity contribution in [2.24, 2.45) is 7.05 Å². The molecule has 0 saturated heterocycles. The van der Waals surface area contributed by atoms with Crippen molar-refractivity contribution < 1.29 is 0 Å². The van der Waals surface area contributed by atoms with Gasteiger partial charge in [0.05, 0.1) is 17.3 Å². The minimum Gasteiger partial charge on any atom is -0.336 e. The Labute approximate surface area is 92.2 Å². The predicted octanol–water partition coefficient (Wildman–Crippen LogP) is 1.67. The molecule has 16 heavy (non-hydrogen) atoms. The number of nitrogens with one attached hydrogen (secondary N) is 1. The fourth-order valence-electron chi connectivity index (χ4n) is 1.67. The number of nitrogens with zero attached hydrogens (tertiary/aromatic N) is 4. The number of aromatic nitrogens is 5. The summed E-state index contributed by atoms with van der Waals surface area (Å²) in [7, 11) is 1.88. The zero-order valence-electron chi connectivity index (χ0n) is 9.10. The van der Waals surface area contributed by atoms with Gasteiger partial charge in [0.15, 0.2) is 5.65 Å². The number of hydrogen-bond donors (Lipinski definition) is 1. The van der Waals surface area contributed by atoms with Gasteiger partial charge in [-0.2, -0.15) is 5.10 Å². The molecule has 0 fully saturated rings. The van der Waals surface area contributed by atoms with Crippen molar-refractivity contribution in [3.8, 4) is 11.4 Å². The van der Waals surface area contributed by atoms with Crippen molar-refractivity contribution in [2.75, 3.05) is 0 Å². The van der Waals surface area contributed by atoms with Gasteiger partial charge in [-0.05, 0) is 19.1 Å². The summed E-state index contributed by atoms with van der Waals surface area (Å²) in [5.41, 5.74) is 3.64. The van der Waals surface area contributed by atoms with E-state index in [9.17, 15) is 0 Å². The molecule has 0 radical (unpaired) electrons. The molecule has 0 bridgehead atoms. The van der Waals surface area contributed by atoms with Crippen LogP contribution in [0.15, 0.2) is 24.5 Å². The number of fused-ring (bicyclic) bond motifs is 1. The summed E-state index contributed by atoms with van der Waals surface area (Å²) >= 11 is 0. The maximum Gasteiger partial charge on any atom is 0.178 e. The van der Waals surface area contributed by atoms with Crippen LogP contribution in [0.5, 0.6) is 0 Å². The highest BCUT2D eigenvalue weighted by Gasteiger charge is 2.07. The van der Waals surface area contributed by atoms with Crippen molar-refractivity contribution in [2.45, 2.75) is 6.92 Å². The van der Waals surface area contributed by atoms with E-state index in [1.54, 1.807) is 10.9 Å². The summed E-state index contributed by atoms with van der Waals surface area (Å²) in [5.74, 6) is 0.807. The monoisotopic (exact) mass is 213 g/mol. The highest BCUT2D eigenvalue weighted by Crippen LogP contribution is 2.18. The molecule has 0 spiro atoms. The second-order valence-electron chi connectivity index (χ2n) is 3.81. The molecule has 80 valence electrons. The van der Waals surface area contributed by atoms with Crippen molar-refractivity contribution in [1.82, 2.24) is 24.7 Å². The molecule has 0 aliphatic heterocycles. The highest BCUT2D eigenvalue weighted by atomic mass is 15.2. The molecule has 0 saturated carbocycles. The Hall–Kier alpha value is -2.17. The van der Waals surface area contributed by atoms with Gasteiger partial charge in [-0.15, -0.1) is 0 Å². The average molecular weight is 213 g/mol. The molecular formula is C11H11N5. The van der Waals surface area contributed by atoms with Crippen molar-refractivity contribution >= 4 is 11.2 Å². The van der Waals surface area contributed by atoms with Crippen LogP contribution >= 0.6 is 0 Å². The molecular weight excluding hydrogens is 202 g/mol. The van der Waals surface area contributed by atoms with Crippen LogP contribution < -0.4 is 0 Å². The summed E-state index contributed by atoms with van der Waals surface area (Å²) in [6, 6.07) is 3.96. The number of rotatable bonds is 1. The van der Waals surface area contributed by atoms with Gasteiger partial charge in [0.25, 0.3) is 0 Å². The maximum absolute atomic E-state index is 4.44. The molecule has 3 heterocycles. The first-order chi connectivity index (χ1) is 7.72. The first-order valence-electron chi connectivity index (χ1n) is 5.05. The topological polar surface area (TPSA) is 59.4 Å². The molecule has 1 N–H and O–H groups in total. The van der Waals surface area contributed by atoms with Crippen LogP contribution in [0.3, 0.4) is 0 Å². The van der Waals surface area contributed by atoms with Crippen LogP contribution in [0.25, 0.3) is 22.6 Å². The minimum atomic E-state index is 0.749. The Bertz CT molecular complexity index is 649.